The lowest BCUT2D eigenvalue weighted by Crippen LogP contribution is -2.28. The van der Waals surface area contributed by atoms with E-state index in [9.17, 15) is 23.1 Å². The van der Waals surface area contributed by atoms with Gasteiger partial charge in [0.25, 0.3) is 11.6 Å². The molecule has 1 N–H and O–H groups in total. The maximum absolute atomic E-state index is 11.4. The number of azo groups is 1. The van der Waals surface area contributed by atoms with E-state index < -0.39 is 21.9 Å². The van der Waals surface area contributed by atoms with Gasteiger partial charge in [0.1, 0.15) is 12.0 Å². The molecule has 0 saturated heterocycles. The van der Waals surface area contributed by atoms with Crippen LogP contribution in [0.15, 0.2) is 34.8 Å². The van der Waals surface area contributed by atoms with E-state index in [4.69, 9.17) is 0 Å². The fraction of sp³-hybridized carbons (Fsp3) is 0.308. The van der Waals surface area contributed by atoms with Crippen LogP contribution in [0.25, 0.3) is 0 Å². The predicted octanol–water partition coefficient (Wildman–Crippen LogP) is 1.88. The highest BCUT2D eigenvalue weighted by Crippen LogP contribution is 2.32. The van der Waals surface area contributed by atoms with Gasteiger partial charge in [0.2, 0.25) is 10.4 Å². The van der Waals surface area contributed by atoms with Crippen LogP contribution < -0.4 is 4.90 Å². The van der Waals surface area contributed by atoms with Crippen molar-refractivity contribution in [2.75, 3.05) is 24.6 Å². The van der Waals surface area contributed by atoms with Crippen LogP contribution in [-0.4, -0.2) is 52.8 Å². The number of nitrogens with one attached hydrogen (secondary N) is 1. The van der Waals surface area contributed by atoms with Gasteiger partial charge in [-0.3, -0.25) is 14.3 Å². The van der Waals surface area contributed by atoms with Crippen molar-refractivity contribution in [2.24, 2.45) is 10.2 Å². The monoisotopic (exact) mass is 399 g/mol. The van der Waals surface area contributed by atoms with Crippen LogP contribution in [0.1, 0.15) is 6.92 Å². The van der Waals surface area contributed by atoms with E-state index in [1.54, 1.807) is 6.92 Å². The van der Waals surface area contributed by atoms with Gasteiger partial charge in [-0.05, 0) is 19.1 Å². The summed E-state index contributed by atoms with van der Waals surface area (Å²) in [6, 6.07) is 4.15. The highest BCUT2D eigenvalue weighted by Gasteiger charge is 2.19. The van der Waals surface area contributed by atoms with Gasteiger partial charge in [0, 0.05) is 26.6 Å². The summed E-state index contributed by atoms with van der Waals surface area (Å²) in [4.78, 5) is 16.0. The number of hydrogen-bond donors (Lipinski definition) is 1. The summed E-state index contributed by atoms with van der Waals surface area (Å²) in [6.45, 7) is 1.58. The van der Waals surface area contributed by atoms with Crippen LogP contribution in [0.5, 0.6) is 0 Å². The van der Waals surface area contributed by atoms with Crippen molar-refractivity contribution in [3.05, 3.63) is 42.1 Å². The number of likely N-dealkylation sites (N-methyl/N-ethyl adjacent to an activating group) is 1. The quantitative estimate of drug-likeness (QED) is 0.164. The van der Waals surface area contributed by atoms with Gasteiger partial charge >= 0.3 is 0 Å². The summed E-state index contributed by atoms with van der Waals surface area (Å²) >= 11 is 0. The van der Waals surface area contributed by atoms with Crippen molar-refractivity contribution in [3.8, 4) is 0 Å². The molecule has 0 atom stereocenters. The van der Waals surface area contributed by atoms with Crippen molar-refractivity contribution >= 4 is 33.4 Å². The maximum atomic E-state index is 11.4. The molecular formula is C13H17N7O6S. The Kier molecular flexibility index (Phi) is 7.77. The van der Waals surface area contributed by atoms with Gasteiger partial charge in [-0.15, -0.1) is 10.2 Å². The molecule has 0 aliphatic heterocycles. The molecule has 13 nitrogen and oxygen atoms in total. The molecule has 146 valence electrons. The van der Waals surface area contributed by atoms with Gasteiger partial charge in [-0.2, -0.15) is 10.1 Å². The normalized spacial score (nSPS) is 11.3. The van der Waals surface area contributed by atoms with E-state index in [0.717, 1.165) is 0 Å². The molecule has 0 unspecified atom stereocenters. The second kappa shape index (κ2) is 9.56. The third-order valence-corrected chi connectivity index (χ3v) is 3.58. The van der Waals surface area contributed by atoms with Gasteiger partial charge in [0.05, 0.1) is 17.2 Å². The average Bonchev–Trinajstić information content (AvgIpc) is 3.09. The molecule has 0 bridgehead atoms. The number of hydrogen-bond acceptors (Lipinski definition) is 11. The van der Waals surface area contributed by atoms with Crippen molar-refractivity contribution in [3.63, 3.8) is 0 Å². The van der Waals surface area contributed by atoms with Gasteiger partial charge < -0.3 is 9.45 Å². The zero-order valence-electron chi connectivity index (χ0n) is 14.5. The smallest absolute Gasteiger partial charge is 0.294 e. The van der Waals surface area contributed by atoms with Crippen LogP contribution >= 0.6 is 0 Å². The lowest BCUT2D eigenvalue weighted by Gasteiger charge is -2.23. The lowest BCUT2D eigenvalue weighted by molar-refractivity contribution is -0.384. The Balaban J connectivity index is 0.00000364. The average molecular weight is 399 g/mol. The summed E-state index contributed by atoms with van der Waals surface area (Å²) in [7, 11) is -4.82. The predicted molar refractivity (Wildman–Crippen MR) is 93.6 cm³/mol. The number of nitrogens with zero attached hydrogens (tertiary/aromatic N) is 6. The highest BCUT2D eigenvalue weighted by molar-refractivity contribution is 7.80. The lowest BCUT2D eigenvalue weighted by atomic mass is 10.2. The molecule has 1 heterocycles. The van der Waals surface area contributed by atoms with E-state index in [1.807, 2.05) is 0 Å². The third-order valence-electron chi connectivity index (χ3n) is 3.13. The van der Waals surface area contributed by atoms with Crippen LogP contribution in [0.3, 0.4) is 0 Å². The molecule has 2 rings (SSSR count). The first-order valence-corrected chi connectivity index (χ1v) is 8.54. The minimum Gasteiger partial charge on any atom is -0.726 e. The molecule has 0 aliphatic carbocycles. The number of benzene rings is 1. The van der Waals surface area contributed by atoms with Gasteiger partial charge in [0.15, 0.2) is 0 Å². The highest BCUT2D eigenvalue weighted by atomic mass is 32.3. The number of aromatic nitrogens is 3. The number of nitro groups is 1. The fourth-order valence-corrected chi connectivity index (χ4v) is 2.32. The van der Waals surface area contributed by atoms with Crippen molar-refractivity contribution < 1.29 is 22.1 Å². The molecule has 0 fully saturated rings. The largest absolute Gasteiger partial charge is 0.726 e. The third kappa shape index (κ3) is 6.61. The maximum Gasteiger partial charge on any atom is 0.294 e. The summed E-state index contributed by atoms with van der Waals surface area (Å²) in [5.74, 6) is 0.142. The van der Waals surface area contributed by atoms with Crippen molar-refractivity contribution in [1.82, 2.24) is 15.2 Å². The van der Waals surface area contributed by atoms with Gasteiger partial charge in [-0.25, -0.2) is 13.5 Å². The van der Waals surface area contributed by atoms with Crippen molar-refractivity contribution in [1.29, 1.82) is 0 Å². The van der Waals surface area contributed by atoms with Crippen LogP contribution in [0, 0.1) is 17.5 Å². The van der Waals surface area contributed by atoms with Crippen LogP contribution in [-0.2, 0) is 14.6 Å². The zero-order valence-corrected chi connectivity index (χ0v) is 15.3. The zero-order chi connectivity index (χ0) is 19.2. The molecule has 0 spiro atoms. The first-order valence-electron chi connectivity index (χ1n) is 7.21. The molecular weight excluding hydrogens is 382 g/mol. The van der Waals surface area contributed by atoms with E-state index in [2.05, 4.69) is 29.6 Å². The topological polar surface area (TPSA) is 179 Å². The second-order valence-electron chi connectivity index (χ2n) is 4.75. The molecule has 1 aromatic carbocycles. The SMILES string of the molecule is CCN(CCOS(=O)(=O)[O-])c1ccc(N=Nc2ncn[nH]2)cc1[N+](=O)[O-].[CH3+]. The summed E-state index contributed by atoms with van der Waals surface area (Å²) < 4.78 is 35.6. The van der Waals surface area contributed by atoms with Crippen LogP contribution in [0.2, 0.25) is 0 Å². The molecule has 2 aromatic rings. The second-order valence-corrected chi connectivity index (χ2v) is 5.80. The van der Waals surface area contributed by atoms with E-state index >= 15 is 0 Å². The fourth-order valence-electron chi connectivity index (χ4n) is 2.04. The number of aromatic amines is 1. The van der Waals surface area contributed by atoms with Crippen molar-refractivity contribution in [2.45, 2.75) is 6.92 Å². The molecule has 0 saturated carbocycles. The van der Waals surface area contributed by atoms with Gasteiger partial charge in [-0.1, -0.05) is 0 Å². The number of rotatable bonds is 9. The Morgan fingerprint density at radius 3 is 2.67 bits per heavy atom. The Morgan fingerprint density at radius 1 is 1.37 bits per heavy atom. The van der Waals surface area contributed by atoms with E-state index in [1.165, 1.54) is 29.4 Å². The van der Waals surface area contributed by atoms with E-state index in [-0.39, 0.29) is 37.0 Å². The summed E-state index contributed by atoms with van der Waals surface area (Å²) in [6.07, 6.45) is 1.24. The molecule has 0 radical (unpaired) electrons. The Hall–Kier alpha value is -3.10. The number of anilines is 1. The summed E-state index contributed by atoms with van der Waals surface area (Å²) in [5.41, 5.74) is 0.181. The van der Waals surface area contributed by atoms with Crippen LogP contribution in [0.4, 0.5) is 23.0 Å². The molecule has 27 heavy (non-hydrogen) atoms. The summed E-state index contributed by atoms with van der Waals surface area (Å²) in [5, 5.41) is 25.0. The Bertz CT molecular complexity index is 885. The standard InChI is InChI=1S/C12H15N7O6S.CH3/c1-2-18(5-6-25-26(22,23)24)10-4-3-9(7-11(10)19(20)21)15-17-12-13-8-14-16-12;/h3-4,7-8H,2,5-6H2,1H3,(H,13,14,16)(H,22,23,24);1H3/q;+1/p-1. The minimum absolute atomic E-state index is 0. The molecule has 1 aromatic heterocycles. The van der Waals surface area contributed by atoms with E-state index in [0.29, 0.717) is 6.54 Å². The first kappa shape index (κ1) is 21.9. The number of nitro benzene ring substituents is 1. The Labute approximate surface area is 155 Å². The molecule has 0 amide bonds. The number of H-pyrrole nitrogens is 1. The minimum atomic E-state index is -4.82. The first-order chi connectivity index (χ1) is 12.3. The molecule has 14 heteroatoms. The molecule has 0 aliphatic rings. The Morgan fingerprint density at radius 2 is 2.11 bits per heavy atom.